The van der Waals surface area contributed by atoms with Crippen LogP contribution in [0.2, 0.25) is 0 Å². The molecule has 3 nitrogen and oxygen atoms in total. The molecule has 4 aliphatic rings. The third kappa shape index (κ3) is 3.56. The number of carbonyl (C=O) groups excluding carboxylic acids is 1. The molecule has 0 unspecified atom stereocenters. The van der Waals surface area contributed by atoms with Gasteiger partial charge in [0.05, 0.1) is 11.7 Å². The van der Waals surface area contributed by atoms with Crippen molar-refractivity contribution < 1.29 is 15.0 Å². The fourth-order valence-corrected chi connectivity index (χ4v) is 9.63. The number of hydrogen-bond acceptors (Lipinski definition) is 3. The zero-order valence-corrected chi connectivity index (χ0v) is 21.5. The van der Waals surface area contributed by atoms with Crippen molar-refractivity contribution in [3.63, 3.8) is 0 Å². The van der Waals surface area contributed by atoms with Crippen molar-refractivity contribution in [1.29, 1.82) is 0 Å². The highest BCUT2D eigenvalue weighted by atomic mass is 16.3. The van der Waals surface area contributed by atoms with Gasteiger partial charge in [-0.3, -0.25) is 4.79 Å². The number of fused-ring (bicyclic) bond motifs is 5. The van der Waals surface area contributed by atoms with Crippen LogP contribution in [0.3, 0.4) is 0 Å². The lowest BCUT2D eigenvalue weighted by Crippen LogP contribution is -2.59. The Hall–Kier alpha value is -0.670. The lowest BCUT2D eigenvalue weighted by molar-refractivity contribution is -0.172. The van der Waals surface area contributed by atoms with E-state index in [-0.39, 0.29) is 10.8 Å². The quantitative estimate of drug-likeness (QED) is 0.488. The molecule has 4 saturated carbocycles. The van der Waals surface area contributed by atoms with Crippen molar-refractivity contribution in [2.45, 2.75) is 117 Å². The number of aliphatic hydroxyl groups is 2. The van der Waals surface area contributed by atoms with Crippen LogP contribution >= 0.6 is 0 Å². The molecule has 0 bridgehead atoms. The molecule has 4 aliphatic carbocycles. The van der Waals surface area contributed by atoms with Gasteiger partial charge in [0.2, 0.25) is 0 Å². The van der Waals surface area contributed by atoms with E-state index in [1.54, 1.807) is 0 Å². The van der Waals surface area contributed by atoms with Crippen LogP contribution in [-0.4, -0.2) is 27.7 Å². The molecule has 0 heterocycles. The SMILES string of the molecule is C=C(C)[C@H](O)CC[C@](C)(O)[C@H]1CC[C@]2(C)[C@@H]3CC[C@H]4C(C)(C)C(=O)CC[C@]4(C)[C@H]3CC[C@H]12. The monoisotopic (exact) mass is 444 g/mol. The Morgan fingerprint density at radius 1 is 1.03 bits per heavy atom. The Morgan fingerprint density at radius 2 is 1.62 bits per heavy atom. The first-order valence-corrected chi connectivity index (χ1v) is 13.3. The average molecular weight is 445 g/mol. The second-order valence-corrected chi connectivity index (χ2v) is 13.6. The summed E-state index contributed by atoms with van der Waals surface area (Å²) < 4.78 is 0. The van der Waals surface area contributed by atoms with Crippen LogP contribution in [0, 0.1) is 45.8 Å². The maximum Gasteiger partial charge on any atom is 0.138 e. The van der Waals surface area contributed by atoms with E-state index in [2.05, 4.69) is 34.3 Å². The van der Waals surface area contributed by atoms with Gasteiger partial charge < -0.3 is 10.2 Å². The van der Waals surface area contributed by atoms with E-state index >= 15 is 0 Å². The molecule has 4 fully saturated rings. The molecule has 0 spiro atoms. The van der Waals surface area contributed by atoms with Gasteiger partial charge in [-0.2, -0.15) is 0 Å². The normalized spacial score (nSPS) is 45.9. The fourth-order valence-electron chi connectivity index (χ4n) is 9.63. The van der Waals surface area contributed by atoms with Gasteiger partial charge in [-0.05, 0) is 112 Å². The molecule has 0 aromatic rings. The number of Topliss-reactive ketones (excluding diaryl/α,β-unsaturated/α-hetero) is 1. The zero-order chi connectivity index (χ0) is 23.7. The molecular formula is C29H48O3. The summed E-state index contributed by atoms with van der Waals surface area (Å²) in [5, 5.41) is 21.8. The highest BCUT2D eigenvalue weighted by Crippen LogP contribution is 2.70. The van der Waals surface area contributed by atoms with E-state index in [4.69, 9.17) is 0 Å². The lowest BCUT2D eigenvalue weighted by Gasteiger charge is -2.64. The fraction of sp³-hybridized carbons (Fsp3) is 0.897. The van der Waals surface area contributed by atoms with Crippen LogP contribution in [0.15, 0.2) is 12.2 Å². The number of aliphatic hydroxyl groups excluding tert-OH is 1. The molecule has 0 radical (unpaired) electrons. The van der Waals surface area contributed by atoms with E-state index in [0.29, 0.717) is 53.6 Å². The summed E-state index contributed by atoms with van der Waals surface area (Å²) in [5.41, 5.74) is 0.453. The summed E-state index contributed by atoms with van der Waals surface area (Å²) in [6, 6.07) is 0. The molecule has 0 aliphatic heterocycles. The molecule has 0 aromatic carbocycles. The summed E-state index contributed by atoms with van der Waals surface area (Å²) in [6.45, 7) is 17.3. The zero-order valence-electron chi connectivity index (χ0n) is 21.5. The van der Waals surface area contributed by atoms with Crippen LogP contribution in [0.4, 0.5) is 0 Å². The molecule has 3 heteroatoms. The third-order valence-electron chi connectivity index (χ3n) is 11.6. The minimum Gasteiger partial charge on any atom is -0.390 e. The van der Waals surface area contributed by atoms with Crippen molar-refractivity contribution in [3.05, 3.63) is 12.2 Å². The highest BCUT2D eigenvalue weighted by molar-refractivity contribution is 5.85. The first-order chi connectivity index (χ1) is 14.7. The van der Waals surface area contributed by atoms with Gasteiger partial charge in [0.25, 0.3) is 0 Å². The van der Waals surface area contributed by atoms with Crippen LogP contribution in [0.5, 0.6) is 0 Å². The maximum atomic E-state index is 12.8. The molecule has 0 amide bonds. The van der Waals surface area contributed by atoms with Gasteiger partial charge in [0.15, 0.2) is 0 Å². The largest absolute Gasteiger partial charge is 0.390 e. The van der Waals surface area contributed by atoms with Gasteiger partial charge in [-0.1, -0.05) is 39.8 Å². The first kappa shape index (κ1) is 24.5. The van der Waals surface area contributed by atoms with Gasteiger partial charge in [0, 0.05) is 11.8 Å². The Kier molecular flexibility index (Phi) is 6.07. The summed E-state index contributed by atoms with van der Waals surface area (Å²) in [5.74, 6) is 3.31. The smallest absolute Gasteiger partial charge is 0.138 e. The van der Waals surface area contributed by atoms with E-state index in [9.17, 15) is 15.0 Å². The Labute approximate surface area is 196 Å². The minimum absolute atomic E-state index is 0.179. The Bertz CT molecular complexity index is 766. The molecule has 0 aromatic heterocycles. The van der Waals surface area contributed by atoms with Crippen molar-refractivity contribution in [2.75, 3.05) is 0 Å². The van der Waals surface area contributed by atoms with Crippen LogP contribution in [-0.2, 0) is 4.79 Å². The van der Waals surface area contributed by atoms with E-state index in [1.807, 2.05) is 13.8 Å². The standard InChI is InChI=1S/C29H48O3/c1-18(2)23(30)13-17-29(7,32)22-12-15-27(5)19-10-11-24-26(3,4)25(31)14-16-28(24,6)20(19)8-9-21(22)27/h19-24,30,32H,1,8-17H2,2-7H3/t19-,20+,21-,22+,23-,24+,27-,28-,29+/m1/s1. The molecule has 2 N–H and O–H groups in total. The van der Waals surface area contributed by atoms with E-state index in [1.165, 1.54) is 32.1 Å². The molecule has 9 atom stereocenters. The van der Waals surface area contributed by atoms with Crippen molar-refractivity contribution in [3.8, 4) is 0 Å². The van der Waals surface area contributed by atoms with E-state index < -0.39 is 11.7 Å². The Balaban J connectivity index is 1.55. The predicted octanol–water partition coefficient (Wildman–Crippen LogP) is 6.32. The second kappa shape index (κ2) is 7.94. The third-order valence-corrected chi connectivity index (χ3v) is 11.6. The van der Waals surface area contributed by atoms with Gasteiger partial charge in [-0.25, -0.2) is 0 Å². The molecular weight excluding hydrogens is 396 g/mol. The van der Waals surface area contributed by atoms with Crippen molar-refractivity contribution in [2.24, 2.45) is 45.8 Å². The minimum atomic E-state index is -0.730. The van der Waals surface area contributed by atoms with Crippen molar-refractivity contribution >= 4 is 5.78 Å². The summed E-state index contributed by atoms with van der Waals surface area (Å²) in [7, 11) is 0. The molecule has 0 saturated heterocycles. The summed E-state index contributed by atoms with van der Waals surface area (Å²) in [4.78, 5) is 12.8. The van der Waals surface area contributed by atoms with Gasteiger partial charge in [0.1, 0.15) is 5.78 Å². The summed E-state index contributed by atoms with van der Waals surface area (Å²) >= 11 is 0. The summed E-state index contributed by atoms with van der Waals surface area (Å²) in [6.07, 6.45) is 9.76. The Morgan fingerprint density at radius 3 is 2.28 bits per heavy atom. The van der Waals surface area contributed by atoms with E-state index in [0.717, 1.165) is 24.8 Å². The molecule has 4 rings (SSSR count). The maximum absolute atomic E-state index is 12.8. The van der Waals surface area contributed by atoms with Crippen LogP contribution in [0.25, 0.3) is 0 Å². The first-order valence-electron chi connectivity index (χ1n) is 13.3. The lowest BCUT2D eigenvalue weighted by atomic mass is 9.40. The van der Waals surface area contributed by atoms with Crippen molar-refractivity contribution in [1.82, 2.24) is 0 Å². The molecule has 182 valence electrons. The number of carbonyl (C=O) groups is 1. The second-order valence-electron chi connectivity index (χ2n) is 13.6. The van der Waals surface area contributed by atoms with Crippen LogP contribution < -0.4 is 0 Å². The predicted molar refractivity (Wildman–Crippen MR) is 130 cm³/mol. The topological polar surface area (TPSA) is 57.5 Å². The number of hydrogen-bond donors (Lipinski definition) is 2. The van der Waals surface area contributed by atoms with Gasteiger partial charge >= 0.3 is 0 Å². The average Bonchev–Trinajstić information content (AvgIpc) is 3.07. The molecule has 32 heavy (non-hydrogen) atoms. The van der Waals surface area contributed by atoms with Gasteiger partial charge in [-0.15, -0.1) is 0 Å². The highest BCUT2D eigenvalue weighted by Gasteiger charge is 2.64. The number of rotatable bonds is 5. The number of ketones is 1. The van der Waals surface area contributed by atoms with Crippen LogP contribution in [0.1, 0.15) is 106 Å².